The van der Waals surface area contributed by atoms with Gasteiger partial charge in [-0.3, -0.25) is 9.69 Å². The Morgan fingerprint density at radius 2 is 1.73 bits per heavy atom. The van der Waals surface area contributed by atoms with E-state index in [1.165, 1.54) is 17.7 Å². The predicted molar refractivity (Wildman–Crippen MR) is 122 cm³/mol. The van der Waals surface area contributed by atoms with E-state index in [0.29, 0.717) is 0 Å². The third kappa shape index (κ3) is 4.24. The summed E-state index contributed by atoms with van der Waals surface area (Å²) in [5, 5.41) is 11.6. The normalized spacial score (nSPS) is 29.9. The van der Waals surface area contributed by atoms with Gasteiger partial charge in [0.15, 0.2) is 0 Å². The van der Waals surface area contributed by atoms with Crippen molar-refractivity contribution in [1.29, 1.82) is 0 Å². The number of aryl methyl sites for hydroxylation is 1. The second-order valence-electron chi connectivity index (χ2n) is 10.2. The van der Waals surface area contributed by atoms with E-state index < -0.39 is 5.60 Å². The summed E-state index contributed by atoms with van der Waals surface area (Å²) in [5.41, 5.74) is 1.87. The number of likely N-dealkylation sites (tertiary alicyclic amines) is 2. The van der Waals surface area contributed by atoms with Crippen LogP contribution in [0, 0.1) is 6.92 Å². The molecule has 166 valence electrons. The second kappa shape index (κ2) is 8.51. The zero-order valence-corrected chi connectivity index (χ0v) is 19.1. The number of aliphatic hydroxyl groups is 1. The molecule has 2 atom stereocenters. The standard InChI is InChI=1S/C25H39N3O2/c1-20-8-10-22(11-9-20)26-17-13-25(30,14-18-26)19-27-15-5-4-7-23-24(27,3)12-6-16-28(23)21(2)29/h8-11,23,30H,4-7,12-19H2,1-3H3/t23-,24-/m0/s1. The molecule has 0 unspecified atom stereocenters. The molecule has 3 aliphatic heterocycles. The first-order valence-corrected chi connectivity index (χ1v) is 11.9. The van der Waals surface area contributed by atoms with Gasteiger partial charge in [-0.15, -0.1) is 0 Å². The molecule has 4 rings (SSSR count). The zero-order valence-electron chi connectivity index (χ0n) is 19.1. The number of fused-ring (bicyclic) bond motifs is 1. The van der Waals surface area contributed by atoms with Crippen molar-refractivity contribution >= 4 is 11.6 Å². The lowest BCUT2D eigenvalue weighted by Gasteiger charge is -2.54. The quantitative estimate of drug-likeness (QED) is 0.823. The summed E-state index contributed by atoms with van der Waals surface area (Å²) < 4.78 is 0. The number of benzene rings is 1. The van der Waals surface area contributed by atoms with Crippen molar-refractivity contribution in [1.82, 2.24) is 9.80 Å². The van der Waals surface area contributed by atoms with Crippen LogP contribution in [0.5, 0.6) is 0 Å². The maximum Gasteiger partial charge on any atom is 0.219 e. The van der Waals surface area contributed by atoms with E-state index in [0.717, 1.165) is 71.2 Å². The molecular formula is C25H39N3O2. The SMILES string of the molecule is CC(=O)N1CCC[C@@]2(C)[C@@H]1CCCCN2CC1(O)CCN(c2ccc(C)cc2)CC1. The number of hydrogen-bond acceptors (Lipinski definition) is 4. The minimum absolute atomic E-state index is 0.0236. The smallest absolute Gasteiger partial charge is 0.219 e. The highest BCUT2D eigenvalue weighted by Crippen LogP contribution is 2.40. The summed E-state index contributed by atoms with van der Waals surface area (Å²) in [4.78, 5) is 19.4. The van der Waals surface area contributed by atoms with Gasteiger partial charge < -0.3 is 14.9 Å². The van der Waals surface area contributed by atoms with Gasteiger partial charge in [0.25, 0.3) is 0 Å². The molecule has 3 fully saturated rings. The topological polar surface area (TPSA) is 47.0 Å². The zero-order chi connectivity index (χ0) is 21.4. The van der Waals surface area contributed by atoms with Crippen LogP contribution >= 0.6 is 0 Å². The highest BCUT2D eigenvalue weighted by atomic mass is 16.3. The molecule has 0 saturated carbocycles. The summed E-state index contributed by atoms with van der Waals surface area (Å²) in [6.45, 7) is 10.6. The summed E-state index contributed by atoms with van der Waals surface area (Å²) in [7, 11) is 0. The van der Waals surface area contributed by atoms with E-state index >= 15 is 0 Å². The lowest BCUT2D eigenvalue weighted by molar-refractivity contribution is -0.140. The number of carbonyl (C=O) groups excluding carboxylic acids is 1. The Morgan fingerprint density at radius 1 is 1.03 bits per heavy atom. The predicted octanol–water partition coefficient (Wildman–Crippen LogP) is 3.58. The van der Waals surface area contributed by atoms with E-state index in [1.807, 2.05) is 0 Å². The number of carbonyl (C=O) groups is 1. The fourth-order valence-corrected chi connectivity index (χ4v) is 6.08. The molecule has 30 heavy (non-hydrogen) atoms. The molecule has 3 aliphatic rings. The van der Waals surface area contributed by atoms with Gasteiger partial charge in [0, 0.05) is 50.4 Å². The van der Waals surface area contributed by atoms with E-state index in [1.54, 1.807) is 6.92 Å². The molecule has 1 aromatic carbocycles. The largest absolute Gasteiger partial charge is 0.388 e. The maximum atomic E-state index is 12.3. The van der Waals surface area contributed by atoms with Crippen molar-refractivity contribution in [3.63, 3.8) is 0 Å². The van der Waals surface area contributed by atoms with Crippen LogP contribution in [-0.4, -0.2) is 70.7 Å². The van der Waals surface area contributed by atoms with Gasteiger partial charge in [0.2, 0.25) is 5.91 Å². The molecule has 3 saturated heterocycles. The number of piperidine rings is 2. The first kappa shape index (κ1) is 21.6. The molecule has 5 nitrogen and oxygen atoms in total. The van der Waals surface area contributed by atoms with Gasteiger partial charge in [0.05, 0.1) is 5.60 Å². The van der Waals surface area contributed by atoms with Crippen molar-refractivity contribution in [2.75, 3.05) is 37.6 Å². The van der Waals surface area contributed by atoms with Crippen LogP contribution in [0.1, 0.15) is 64.4 Å². The number of anilines is 1. The van der Waals surface area contributed by atoms with Crippen LogP contribution in [0.2, 0.25) is 0 Å². The molecule has 0 aromatic heterocycles. The average Bonchev–Trinajstić information content (AvgIpc) is 2.88. The lowest BCUT2D eigenvalue weighted by atomic mass is 9.78. The third-order valence-electron chi connectivity index (χ3n) is 8.04. The highest BCUT2D eigenvalue weighted by Gasteiger charge is 2.49. The highest BCUT2D eigenvalue weighted by molar-refractivity contribution is 5.74. The van der Waals surface area contributed by atoms with Crippen molar-refractivity contribution in [3.8, 4) is 0 Å². The molecule has 3 heterocycles. The molecule has 1 aromatic rings. The van der Waals surface area contributed by atoms with Crippen LogP contribution in [-0.2, 0) is 4.79 Å². The number of β-amino-alcohol motifs (C(OH)–C–C–N with tert-alkyl or cyclic N) is 1. The molecule has 1 amide bonds. The van der Waals surface area contributed by atoms with Crippen LogP contribution in [0.15, 0.2) is 24.3 Å². The number of nitrogens with zero attached hydrogens (tertiary/aromatic N) is 3. The fraction of sp³-hybridized carbons (Fsp3) is 0.720. The van der Waals surface area contributed by atoms with Crippen LogP contribution in [0.3, 0.4) is 0 Å². The number of rotatable bonds is 3. The molecule has 0 bridgehead atoms. The van der Waals surface area contributed by atoms with Gasteiger partial charge in [-0.1, -0.05) is 24.1 Å². The minimum atomic E-state index is -0.641. The van der Waals surface area contributed by atoms with E-state index in [4.69, 9.17) is 0 Å². The Bertz CT molecular complexity index is 741. The van der Waals surface area contributed by atoms with Gasteiger partial charge in [-0.2, -0.15) is 0 Å². The first-order valence-electron chi connectivity index (χ1n) is 11.9. The van der Waals surface area contributed by atoms with E-state index in [9.17, 15) is 9.90 Å². The summed E-state index contributed by atoms with van der Waals surface area (Å²) >= 11 is 0. The first-order chi connectivity index (χ1) is 14.3. The average molecular weight is 414 g/mol. The number of amides is 1. The summed E-state index contributed by atoms with van der Waals surface area (Å²) in [6.07, 6.45) is 7.19. The Hall–Kier alpha value is -1.59. The van der Waals surface area contributed by atoms with Gasteiger partial charge in [-0.25, -0.2) is 0 Å². The molecule has 0 radical (unpaired) electrons. The molecular weight excluding hydrogens is 374 g/mol. The summed E-state index contributed by atoms with van der Waals surface area (Å²) in [6, 6.07) is 9.00. The number of hydrogen-bond donors (Lipinski definition) is 1. The molecule has 5 heteroatoms. The van der Waals surface area contributed by atoms with Gasteiger partial charge in [0.1, 0.15) is 0 Å². The van der Waals surface area contributed by atoms with Crippen molar-refractivity contribution in [2.45, 2.75) is 82.9 Å². The van der Waals surface area contributed by atoms with Crippen molar-refractivity contribution in [2.24, 2.45) is 0 Å². The van der Waals surface area contributed by atoms with E-state index in [-0.39, 0.29) is 17.5 Å². The lowest BCUT2D eigenvalue weighted by Crippen LogP contribution is -2.66. The molecule has 0 spiro atoms. The van der Waals surface area contributed by atoms with Gasteiger partial charge in [-0.05, 0) is 71.0 Å². The van der Waals surface area contributed by atoms with Crippen molar-refractivity contribution < 1.29 is 9.90 Å². The van der Waals surface area contributed by atoms with Crippen LogP contribution in [0.4, 0.5) is 5.69 Å². The fourth-order valence-electron chi connectivity index (χ4n) is 6.08. The summed E-state index contributed by atoms with van der Waals surface area (Å²) in [5.74, 6) is 0.206. The van der Waals surface area contributed by atoms with Crippen LogP contribution in [0.25, 0.3) is 0 Å². The maximum absolute atomic E-state index is 12.3. The third-order valence-corrected chi connectivity index (χ3v) is 8.04. The van der Waals surface area contributed by atoms with Crippen LogP contribution < -0.4 is 4.90 Å². The van der Waals surface area contributed by atoms with E-state index in [2.05, 4.69) is 52.8 Å². The van der Waals surface area contributed by atoms with Crippen molar-refractivity contribution in [3.05, 3.63) is 29.8 Å². The monoisotopic (exact) mass is 413 g/mol. The molecule has 1 N–H and O–H groups in total. The second-order valence-corrected chi connectivity index (χ2v) is 10.2. The Labute approximate surface area is 182 Å². The Balaban J connectivity index is 1.46. The van der Waals surface area contributed by atoms with Gasteiger partial charge >= 0.3 is 0 Å². The molecule has 0 aliphatic carbocycles. The Kier molecular flexibility index (Phi) is 6.13. The Morgan fingerprint density at radius 3 is 2.40 bits per heavy atom. The minimum Gasteiger partial charge on any atom is -0.388 e.